The zero-order chi connectivity index (χ0) is 25.7. The molecule has 0 spiro atoms. The summed E-state index contributed by atoms with van der Waals surface area (Å²) in [5.41, 5.74) is 0.0203. The van der Waals surface area contributed by atoms with Crippen molar-refractivity contribution in [3.8, 4) is 0 Å². The van der Waals surface area contributed by atoms with Crippen molar-refractivity contribution in [2.45, 2.75) is 90.1 Å². The van der Waals surface area contributed by atoms with Crippen molar-refractivity contribution in [1.29, 1.82) is 0 Å². The molecule has 0 bridgehead atoms. The van der Waals surface area contributed by atoms with Crippen LogP contribution in [0.2, 0.25) is 18.1 Å². The maximum Gasteiger partial charge on any atom is 0.508 e. The Bertz CT molecular complexity index is 802. The Morgan fingerprint density at radius 3 is 2.53 bits per heavy atom. The zero-order valence-corrected chi connectivity index (χ0v) is 22.5. The van der Waals surface area contributed by atoms with Gasteiger partial charge in [-0.3, -0.25) is 4.79 Å². The number of carboxylic acids is 1. The molecule has 4 atom stereocenters. The summed E-state index contributed by atoms with van der Waals surface area (Å²) in [6, 6.07) is -0.320. The van der Waals surface area contributed by atoms with E-state index in [-0.39, 0.29) is 35.2 Å². The first-order valence-corrected chi connectivity index (χ1v) is 15.1. The number of hydrogen-bond acceptors (Lipinski definition) is 6. The molecule has 2 heterocycles. The molecule has 0 radical (unpaired) electrons. The summed E-state index contributed by atoms with van der Waals surface area (Å²) in [6.07, 6.45) is 5.59. The summed E-state index contributed by atoms with van der Waals surface area (Å²) in [4.78, 5) is 38.4. The second-order valence-corrected chi connectivity index (χ2v) is 15.6. The van der Waals surface area contributed by atoms with Crippen molar-refractivity contribution in [1.82, 2.24) is 4.90 Å². The van der Waals surface area contributed by atoms with E-state index in [1.807, 2.05) is 0 Å². The largest absolute Gasteiger partial charge is 0.508 e. The summed E-state index contributed by atoms with van der Waals surface area (Å²) in [5, 5.41) is 10.0. The van der Waals surface area contributed by atoms with Gasteiger partial charge in [0.25, 0.3) is 0 Å². The third kappa shape index (κ3) is 6.72. The van der Waals surface area contributed by atoms with E-state index in [4.69, 9.17) is 13.9 Å². The minimum atomic E-state index is -1.89. The van der Waals surface area contributed by atoms with Crippen molar-refractivity contribution in [3.63, 3.8) is 0 Å². The number of fused-ring (bicyclic) bond motifs is 1. The first kappa shape index (κ1) is 28.1. The van der Waals surface area contributed by atoms with E-state index in [2.05, 4.69) is 40.4 Å². The molecule has 1 saturated heterocycles. The van der Waals surface area contributed by atoms with E-state index in [1.165, 1.54) is 11.0 Å². The SMILES string of the molecule is C=CCOC(=O)O[C@H](C)[C@H]1C(=O)N2C(C(=O)O)=CC(CCO[Si](C)(C)C(C)(C)C)CCCC[C@H]12. The summed E-state index contributed by atoms with van der Waals surface area (Å²) < 4.78 is 16.4. The number of hydrogen-bond donors (Lipinski definition) is 1. The lowest BCUT2D eigenvalue weighted by atomic mass is 9.80. The molecule has 1 unspecified atom stereocenters. The van der Waals surface area contributed by atoms with E-state index in [0.29, 0.717) is 19.4 Å². The van der Waals surface area contributed by atoms with E-state index in [0.717, 1.165) is 19.3 Å². The molecule has 1 N–H and O–H groups in total. The molecule has 192 valence electrons. The summed E-state index contributed by atoms with van der Waals surface area (Å²) in [5.74, 6) is -2.02. The number of carboxylic acid groups (broad SMARTS) is 1. The molecule has 8 nitrogen and oxygen atoms in total. The van der Waals surface area contributed by atoms with Crippen LogP contribution in [0.1, 0.15) is 59.8 Å². The van der Waals surface area contributed by atoms with Crippen LogP contribution in [0, 0.1) is 11.8 Å². The minimum Gasteiger partial charge on any atom is -0.477 e. The molecule has 34 heavy (non-hydrogen) atoms. The highest BCUT2D eigenvalue weighted by molar-refractivity contribution is 6.74. The number of ether oxygens (including phenoxy) is 2. The predicted octanol–water partition coefficient (Wildman–Crippen LogP) is 5.11. The third-order valence-electron chi connectivity index (χ3n) is 7.33. The number of aliphatic carboxylic acids is 1. The Hall–Kier alpha value is -2.13. The van der Waals surface area contributed by atoms with E-state index in [9.17, 15) is 19.5 Å². The number of β-lactam (4-membered cyclic amide) rings is 1. The average molecular weight is 496 g/mol. The first-order valence-electron chi connectivity index (χ1n) is 12.2. The van der Waals surface area contributed by atoms with Crippen LogP contribution in [0.4, 0.5) is 4.79 Å². The average Bonchev–Trinajstić information content (AvgIpc) is 2.79. The smallest absolute Gasteiger partial charge is 0.477 e. The van der Waals surface area contributed by atoms with Gasteiger partial charge in [0.2, 0.25) is 5.91 Å². The first-order chi connectivity index (χ1) is 15.8. The van der Waals surface area contributed by atoms with Crippen LogP contribution < -0.4 is 0 Å². The van der Waals surface area contributed by atoms with Crippen LogP contribution in [0.25, 0.3) is 0 Å². The highest BCUT2D eigenvalue weighted by atomic mass is 28.4. The summed E-state index contributed by atoms with van der Waals surface area (Å²) in [6.45, 7) is 16.7. The lowest BCUT2D eigenvalue weighted by Crippen LogP contribution is -2.64. The van der Waals surface area contributed by atoms with E-state index in [1.54, 1.807) is 13.0 Å². The van der Waals surface area contributed by atoms with Crippen molar-refractivity contribution < 1.29 is 33.4 Å². The standard InChI is InChI=1S/C25H41NO7Si/c1-8-14-31-24(30)33-17(2)21-19-12-10-9-11-18(13-15-32-34(6,7)25(3,4)5)16-20(23(28)29)26(19)22(21)27/h8,16-19,21H,1,9-15H2,2-7H3,(H,28,29)/t17-,18?,19-,21-/m1/s1. The quantitative estimate of drug-likeness (QED) is 0.205. The molecular formula is C25H41NO7Si. The fourth-order valence-electron chi connectivity index (χ4n) is 4.30. The number of rotatable bonds is 9. The van der Waals surface area contributed by atoms with Crippen molar-refractivity contribution in [3.05, 3.63) is 24.4 Å². The Morgan fingerprint density at radius 1 is 1.29 bits per heavy atom. The van der Waals surface area contributed by atoms with Crippen molar-refractivity contribution in [2.75, 3.05) is 13.2 Å². The molecule has 0 aromatic rings. The molecular weight excluding hydrogens is 454 g/mol. The van der Waals surface area contributed by atoms with E-state index >= 15 is 0 Å². The van der Waals surface area contributed by atoms with Gasteiger partial charge in [0.05, 0.1) is 12.0 Å². The lowest BCUT2D eigenvalue weighted by molar-refractivity contribution is -0.164. The maximum absolute atomic E-state index is 13.0. The molecule has 1 fully saturated rings. The second-order valence-electron chi connectivity index (χ2n) is 10.8. The number of allylic oxidation sites excluding steroid dienone is 1. The van der Waals surface area contributed by atoms with Gasteiger partial charge in [0.1, 0.15) is 18.4 Å². The number of nitrogens with zero attached hydrogens (tertiary/aromatic N) is 1. The van der Waals surface area contributed by atoms with Crippen molar-refractivity contribution in [2.24, 2.45) is 11.8 Å². The van der Waals surface area contributed by atoms with Gasteiger partial charge in [0.15, 0.2) is 8.32 Å². The van der Waals surface area contributed by atoms with Gasteiger partial charge in [-0.05, 0) is 56.3 Å². The van der Waals surface area contributed by atoms with Crippen LogP contribution in [0.3, 0.4) is 0 Å². The Kier molecular flexibility index (Phi) is 9.53. The van der Waals surface area contributed by atoms with Crippen LogP contribution >= 0.6 is 0 Å². The Labute approximate surface area is 204 Å². The van der Waals surface area contributed by atoms with Crippen LogP contribution in [-0.4, -0.2) is 61.7 Å². The van der Waals surface area contributed by atoms with Gasteiger partial charge in [-0.25, -0.2) is 9.59 Å². The molecule has 9 heteroatoms. The topological polar surface area (TPSA) is 102 Å². The summed E-state index contributed by atoms with van der Waals surface area (Å²) in [7, 11) is -1.89. The highest BCUT2D eigenvalue weighted by Crippen LogP contribution is 2.40. The van der Waals surface area contributed by atoms with Crippen molar-refractivity contribution >= 4 is 26.3 Å². The van der Waals surface area contributed by atoms with Gasteiger partial charge >= 0.3 is 12.1 Å². The molecule has 0 saturated carbocycles. The van der Waals surface area contributed by atoms with Crippen LogP contribution in [0.5, 0.6) is 0 Å². The number of amides is 1. The summed E-state index contributed by atoms with van der Waals surface area (Å²) >= 11 is 0. The number of carbonyl (C=O) groups excluding carboxylic acids is 2. The second kappa shape index (κ2) is 11.5. The van der Waals surface area contributed by atoms with Crippen LogP contribution in [-0.2, 0) is 23.5 Å². The molecule has 1 amide bonds. The maximum atomic E-state index is 13.0. The molecule has 0 aromatic heterocycles. The van der Waals surface area contributed by atoms with E-state index < -0.39 is 32.5 Å². The minimum absolute atomic E-state index is 0.0176. The Morgan fingerprint density at radius 2 is 1.94 bits per heavy atom. The molecule has 0 aliphatic carbocycles. The third-order valence-corrected chi connectivity index (χ3v) is 11.9. The normalized spacial score (nSPS) is 24.4. The molecule has 2 rings (SSSR count). The highest BCUT2D eigenvalue weighted by Gasteiger charge is 2.53. The molecule has 0 aromatic carbocycles. The predicted molar refractivity (Wildman–Crippen MR) is 132 cm³/mol. The molecule has 2 aliphatic rings. The van der Waals surface area contributed by atoms with Gasteiger partial charge in [-0.15, -0.1) is 0 Å². The van der Waals surface area contributed by atoms with Crippen LogP contribution in [0.15, 0.2) is 24.4 Å². The number of carbonyl (C=O) groups is 3. The fourth-order valence-corrected chi connectivity index (χ4v) is 5.36. The van der Waals surface area contributed by atoms with Gasteiger partial charge in [-0.1, -0.05) is 46.3 Å². The monoisotopic (exact) mass is 495 g/mol. The molecule has 2 aliphatic heterocycles. The van der Waals surface area contributed by atoms with Gasteiger partial charge < -0.3 is 23.9 Å². The van der Waals surface area contributed by atoms with Gasteiger partial charge in [0, 0.05) is 6.61 Å². The lowest BCUT2D eigenvalue weighted by Gasteiger charge is -2.48. The zero-order valence-electron chi connectivity index (χ0n) is 21.5. The fraction of sp³-hybridized carbons (Fsp3) is 0.720. The Balaban J connectivity index is 2.13. The van der Waals surface area contributed by atoms with Gasteiger partial charge in [-0.2, -0.15) is 0 Å².